The second-order valence-electron chi connectivity index (χ2n) is 15.7. The third-order valence-electron chi connectivity index (χ3n) is 13.5. The topological polar surface area (TPSA) is 0 Å². The van der Waals surface area contributed by atoms with Gasteiger partial charge < -0.3 is 0 Å². The molecule has 0 nitrogen and oxygen atoms in total. The van der Waals surface area contributed by atoms with Crippen LogP contribution in [0.3, 0.4) is 0 Å². The first-order valence-corrected chi connectivity index (χ1v) is 26.4. The summed E-state index contributed by atoms with van der Waals surface area (Å²) in [7, 11) is 0. The Balaban J connectivity index is 0.992. The average Bonchev–Trinajstić information content (AvgIpc) is 3.12. The molecule has 236 valence electrons. The molecule has 5 aromatic carbocycles. The van der Waals surface area contributed by atoms with Crippen molar-refractivity contribution in [2.45, 2.75) is 145 Å². The number of aryl methyl sites for hydroxylation is 1. The van der Waals surface area contributed by atoms with E-state index in [1.54, 1.807) is 93.5 Å². The molecule has 0 heterocycles. The summed E-state index contributed by atoms with van der Waals surface area (Å²) in [4.78, 5) is 0. The minimum absolute atomic E-state index is 1.23. The fourth-order valence-electron chi connectivity index (χ4n) is 11.6. The monoisotopic (exact) mass is 704 g/mol. The van der Waals surface area contributed by atoms with Crippen LogP contribution in [0.15, 0.2) is 66.7 Å². The van der Waals surface area contributed by atoms with Crippen molar-refractivity contribution in [2.24, 2.45) is 0 Å². The zero-order valence-electron chi connectivity index (χ0n) is 27.9. The first-order chi connectivity index (χ1) is 22.3. The van der Waals surface area contributed by atoms with E-state index in [0.717, 1.165) is 0 Å². The van der Waals surface area contributed by atoms with Gasteiger partial charge in [0, 0.05) is 0 Å². The Kier molecular flexibility index (Phi) is 9.32. The molecule has 0 saturated heterocycles. The molecule has 1 heteroatoms. The van der Waals surface area contributed by atoms with Crippen LogP contribution in [0.5, 0.6) is 0 Å². The Hall–Kier alpha value is -1.80. The van der Waals surface area contributed by atoms with Crippen LogP contribution in [-0.4, -0.2) is 18.4 Å². The van der Waals surface area contributed by atoms with E-state index in [1.807, 2.05) is 0 Å². The van der Waals surface area contributed by atoms with Crippen LogP contribution in [-0.2, 0) is 6.42 Å². The Labute approximate surface area is 276 Å². The van der Waals surface area contributed by atoms with Gasteiger partial charge in [-0.25, -0.2) is 0 Å². The molecule has 8 rings (SSSR count). The summed E-state index contributed by atoms with van der Waals surface area (Å²) in [5.74, 6) is 0. The maximum absolute atomic E-state index is 2.48. The molecular weight excluding hydrogens is 647 g/mol. The second kappa shape index (κ2) is 13.7. The van der Waals surface area contributed by atoms with Crippen LogP contribution in [0.4, 0.5) is 0 Å². The second-order valence-corrected chi connectivity index (χ2v) is 30.5. The van der Waals surface area contributed by atoms with Crippen LogP contribution in [0.2, 0.25) is 16.2 Å². The Morgan fingerprint density at radius 1 is 0.422 bits per heavy atom. The van der Waals surface area contributed by atoms with Gasteiger partial charge in [-0.05, 0) is 5.39 Å². The van der Waals surface area contributed by atoms with Gasteiger partial charge in [-0.3, -0.25) is 0 Å². The number of benzene rings is 5. The molecule has 3 saturated carbocycles. The van der Waals surface area contributed by atoms with Crippen LogP contribution in [0, 0.1) is 0 Å². The molecule has 3 aliphatic carbocycles. The van der Waals surface area contributed by atoms with E-state index in [0.29, 0.717) is 0 Å². The quantitative estimate of drug-likeness (QED) is 0.0588. The van der Waals surface area contributed by atoms with E-state index in [-0.39, 0.29) is 0 Å². The third kappa shape index (κ3) is 5.72. The minimum atomic E-state index is -2.33. The van der Waals surface area contributed by atoms with Gasteiger partial charge >= 0.3 is 249 Å². The predicted molar refractivity (Wildman–Crippen MR) is 201 cm³/mol. The Morgan fingerprint density at radius 2 is 0.889 bits per heavy atom. The molecular formula is C44H56Sn. The molecule has 0 amide bonds. The van der Waals surface area contributed by atoms with E-state index < -0.39 is 18.4 Å². The summed E-state index contributed by atoms with van der Waals surface area (Å²) >= 11 is -2.33. The molecule has 0 aromatic heterocycles. The molecule has 0 bridgehead atoms. The van der Waals surface area contributed by atoms with Crippen molar-refractivity contribution in [1.29, 1.82) is 0 Å². The third-order valence-corrected chi connectivity index (χ3v) is 35.0. The summed E-state index contributed by atoms with van der Waals surface area (Å²) in [5.41, 5.74) is 1.57. The van der Waals surface area contributed by atoms with Crippen molar-refractivity contribution in [2.75, 3.05) is 0 Å². The van der Waals surface area contributed by atoms with Gasteiger partial charge in [0.2, 0.25) is 0 Å². The van der Waals surface area contributed by atoms with Crippen molar-refractivity contribution in [3.63, 3.8) is 0 Å². The van der Waals surface area contributed by atoms with Gasteiger partial charge in [0.1, 0.15) is 0 Å². The van der Waals surface area contributed by atoms with E-state index in [4.69, 9.17) is 0 Å². The molecule has 5 aromatic rings. The van der Waals surface area contributed by atoms with Gasteiger partial charge in [0.25, 0.3) is 0 Å². The van der Waals surface area contributed by atoms with Crippen LogP contribution < -0.4 is 0 Å². The fraction of sp³-hybridized carbons (Fsp3) is 0.545. The van der Waals surface area contributed by atoms with Crippen molar-refractivity contribution < 1.29 is 0 Å². The van der Waals surface area contributed by atoms with E-state index >= 15 is 0 Å². The van der Waals surface area contributed by atoms with Crippen molar-refractivity contribution in [3.05, 3.63) is 72.3 Å². The number of unbranched alkanes of at least 4 members (excludes halogenated alkanes) is 3. The summed E-state index contributed by atoms with van der Waals surface area (Å²) < 4.78 is 5.49. The zero-order valence-corrected chi connectivity index (χ0v) is 30.8. The van der Waals surface area contributed by atoms with E-state index in [2.05, 4.69) is 66.7 Å². The average molecular weight is 704 g/mol. The van der Waals surface area contributed by atoms with Crippen LogP contribution in [0.25, 0.3) is 43.1 Å². The molecule has 45 heavy (non-hydrogen) atoms. The maximum atomic E-state index is 2.48. The summed E-state index contributed by atoms with van der Waals surface area (Å²) in [6.45, 7) is 0. The molecule has 0 aliphatic heterocycles. The number of fused-ring (bicyclic) bond motifs is 2. The number of hydrogen-bond donors (Lipinski definition) is 0. The molecule has 3 fully saturated rings. The fourth-order valence-corrected chi connectivity index (χ4v) is 35.9. The number of rotatable bonds is 10. The molecule has 0 radical (unpaired) electrons. The molecule has 0 unspecified atom stereocenters. The molecule has 0 atom stereocenters. The first kappa shape index (κ1) is 30.5. The van der Waals surface area contributed by atoms with Gasteiger partial charge in [-0.1, -0.05) is 24.3 Å². The van der Waals surface area contributed by atoms with Gasteiger partial charge in [0.15, 0.2) is 0 Å². The number of hydrogen-bond acceptors (Lipinski definition) is 0. The van der Waals surface area contributed by atoms with E-state index in [1.165, 1.54) is 99.8 Å². The summed E-state index contributed by atoms with van der Waals surface area (Å²) in [5, 5.41) is 11.5. The summed E-state index contributed by atoms with van der Waals surface area (Å²) in [6, 6.07) is 25.7. The molecule has 0 spiro atoms. The Morgan fingerprint density at radius 3 is 1.47 bits per heavy atom. The van der Waals surface area contributed by atoms with Gasteiger partial charge in [0.05, 0.1) is 0 Å². The SMILES string of the molecule is c1cc2cccc3c4ccc(CCCCC[CH2][Sn]([CH]5CCCCC5)([CH]5CCCCC5)[CH]5CCCCC5)c5cccc(c(c1)c23)c54. The zero-order chi connectivity index (χ0) is 30.1. The first-order valence-electron chi connectivity index (χ1n) is 19.4. The van der Waals surface area contributed by atoms with Crippen molar-refractivity contribution >= 4 is 61.5 Å². The Bertz CT molecular complexity index is 1620. The normalized spacial score (nSPS) is 19.8. The van der Waals surface area contributed by atoms with Crippen LogP contribution >= 0.6 is 0 Å². The molecule has 3 aliphatic rings. The predicted octanol–water partition coefficient (Wildman–Crippen LogP) is 14.3. The standard InChI is InChI=1S/C26H23.3C6H11.Sn/c1-2-3-4-5-9-18-16-17-24-22-14-7-11-19-10-6-13-21(25(19)22)23-15-8-12-20(18)26(23)24;3*1-2-4-6-5-3-1;/h6-8,10-17H,1-5,9H2;3*1H,2-6H2;. The summed E-state index contributed by atoms with van der Waals surface area (Å²) in [6.07, 6.45) is 31.0. The molecule has 0 N–H and O–H groups in total. The van der Waals surface area contributed by atoms with Crippen LogP contribution in [0.1, 0.15) is 128 Å². The van der Waals surface area contributed by atoms with E-state index in [9.17, 15) is 0 Å². The van der Waals surface area contributed by atoms with Gasteiger partial charge in [-0.15, -0.1) is 0 Å². The van der Waals surface area contributed by atoms with Crippen molar-refractivity contribution in [3.8, 4) is 0 Å². The van der Waals surface area contributed by atoms with Crippen molar-refractivity contribution in [1.82, 2.24) is 0 Å². The van der Waals surface area contributed by atoms with Gasteiger partial charge in [-0.2, -0.15) is 0 Å².